The molecule has 2 aromatic rings. The van der Waals surface area contributed by atoms with Crippen molar-refractivity contribution in [3.63, 3.8) is 0 Å². The van der Waals surface area contributed by atoms with Crippen LogP contribution in [0.4, 0.5) is 0 Å². The molecular formula is C14H20N4OS. The van der Waals surface area contributed by atoms with E-state index in [4.69, 9.17) is 0 Å². The first-order valence-corrected chi connectivity index (χ1v) is 7.62. The number of H-pyrrole nitrogens is 1. The van der Waals surface area contributed by atoms with Crippen molar-refractivity contribution in [2.24, 2.45) is 0 Å². The molecular weight excluding hydrogens is 272 g/mol. The number of aromatic amines is 1. The van der Waals surface area contributed by atoms with Crippen molar-refractivity contribution < 1.29 is 0 Å². The van der Waals surface area contributed by atoms with Gasteiger partial charge in [-0.05, 0) is 43.8 Å². The Hall–Kier alpha value is -1.53. The van der Waals surface area contributed by atoms with E-state index in [9.17, 15) is 4.79 Å². The number of hydrogen-bond donors (Lipinski definition) is 2. The van der Waals surface area contributed by atoms with Crippen molar-refractivity contribution >= 4 is 11.8 Å². The van der Waals surface area contributed by atoms with E-state index in [2.05, 4.69) is 34.6 Å². The van der Waals surface area contributed by atoms with Crippen LogP contribution in [0.2, 0.25) is 0 Å². The summed E-state index contributed by atoms with van der Waals surface area (Å²) in [7, 11) is 1.96. The van der Waals surface area contributed by atoms with Gasteiger partial charge in [0.1, 0.15) is 0 Å². The summed E-state index contributed by atoms with van der Waals surface area (Å²) in [4.78, 5) is 12.7. The van der Waals surface area contributed by atoms with E-state index in [1.165, 1.54) is 17.3 Å². The van der Waals surface area contributed by atoms with Crippen molar-refractivity contribution in [1.82, 2.24) is 20.1 Å². The zero-order valence-corrected chi connectivity index (χ0v) is 12.8. The molecule has 1 heterocycles. The number of rotatable bonds is 6. The molecule has 2 N–H and O–H groups in total. The van der Waals surface area contributed by atoms with Gasteiger partial charge in [0.25, 0.3) is 0 Å². The summed E-state index contributed by atoms with van der Waals surface area (Å²) in [6.45, 7) is 4.71. The van der Waals surface area contributed by atoms with Gasteiger partial charge in [-0.1, -0.05) is 25.1 Å². The van der Waals surface area contributed by atoms with E-state index < -0.39 is 0 Å². The van der Waals surface area contributed by atoms with Crippen molar-refractivity contribution in [2.75, 3.05) is 7.05 Å². The Bertz CT molecular complexity index is 616. The molecule has 1 aromatic heterocycles. The molecule has 0 saturated heterocycles. The third-order valence-electron chi connectivity index (χ3n) is 3.29. The fraction of sp³-hybridized carbons (Fsp3) is 0.429. The Morgan fingerprint density at radius 3 is 2.80 bits per heavy atom. The van der Waals surface area contributed by atoms with Crippen LogP contribution in [0.25, 0.3) is 0 Å². The fourth-order valence-corrected chi connectivity index (χ4v) is 3.28. The summed E-state index contributed by atoms with van der Waals surface area (Å²) in [5.74, 6) is 0. The van der Waals surface area contributed by atoms with Gasteiger partial charge in [-0.15, -0.1) is 5.10 Å². The second kappa shape index (κ2) is 6.76. The number of nitrogens with zero attached hydrogens (tertiary/aromatic N) is 2. The van der Waals surface area contributed by atoms with Gasteiger partial charge in [-0.3, -0.25) is 4.57 Å². The van der Waals surface area contributed by atoms with E-state index in [-0.39, 0.29) is 5.69 Å². The summed E-state index contributed by atoms with van der Waals surface area (Å²) >= 11 is 1.53. The molecule has 0 aliphatic heterocycles. The Morgan fingerprint density at radius 2 is 2.15 bits per heavy atom. The van der Waals surface area contributed by atoms with Gasteiger partial charge in [0.15, 0.2) is 5.16 Å². The average Bonchev–Trinajstić information content (AvgIpc) is 2.82. The van der Waals surface area contributed by atoms with Crippen LogP contribution in [0, 0.1) is 0 Å². The van der Waals surface area contributed by atoms with Gasteiger partial charge in [0.05, 0.1) is 0 Å². The maximum absolute atomic E-state index is 11.6. The summed E-state index contributed by atoms with van der Waals surface area (Å²) in [6.07, 6.45) is 1.01. The van der Waals surface area contributed by atoms with Gasteiger partial charge in [-0.25, -0.2) is 9.89 Å². The zero-order chi connectivity index (χ0) is 14.5. The maximum atomic E-state index is 11.6. The molecule has 20 heavy (non-hydrogen) atoms. The Morgan fingerprint density at radius 1 is 1.40 bits per heavy atom. The van der Waals surface area contributed by atoms with E-state index >= 15 is 0 Å². The Balaban J connectivity index is 2.36. The minimum Gasteiger partial charge on any atom is -0.313 e. The lowest BCUT2D eigenvalue weighted by molar-refractivity contribution is 0.568. The van der Waals surface area contributed by atoms with E-state index in [1.54, 1.807) is 4.57 Å². The van der Waals surface area contributed by atoms with Crippen LogP contribution in [0.5, 0.6) is 0 Å². The molecule has 6 heteroatoms. The van der Waals surface area contributed by atoms with Crippen LogP contribution in [0.1, 0.15) is 31.9 Å². The first-order chi connectivity index (χ1) is 9.71. The highest BCUT2D eigenvalue weighted by Gasteiger charge is 2.15. The smallest absolute Gasteiger partial charge is 0.313 e. The summed E-state index contributed by atoms with van der Waals surface area (Å²) < 4.78 is 1.64. The first kappa shape index (κ1) is 14.9. The van der Waals surface area contributed by atoms with Crippen LogP contribution in [0.3, 0.4) is 0 Å². The summed E-state index contributed by atoms with van der Waals surface area (Å²) in [5.41, 5.74) is 1.08. The molecule has 1 atom stereocenters. The number of nitrogens with one attached hydrogen (secondary N) is 2. The Kier molecular flexibility index (Phi) is 5.03. The minimum atomic E-state index is -0.159. The molecule has 1 aromatic carbocycles. The number of aromatic nitrogens is 3. The van der Waals surface area contributed by atoms with Crippen LogP contribution in [0.15, 0.2) is 39.1 Å². The van der Waals surface area contributed by atoms with E-state index in [0.29, 0.717) is 17.7 Å². The molecule has 0 amide bonds. The standard InChI is InChI=1S/C14H20N4OS/c1-4-11(15-3)10-8-6-7-9-12(10)20-14-17-16-13(19)18(14)5-2/h6-9,11,15H,4-5H2,1-3H3,(H,16,19). The van der Waals surface area contributed by atoms with Crippen LogP contribution in [-0.2, 0) is 6.54 Å². The molecule has 0 fully saturated rings. The van der Waals surface area contributed by atoms with Crippen molar-refractivity contribution in [2.45, 2.75) is 42.9 Å². The zero-order valence-electron chi connectivity index (χ0n) is 12.0. The summed E-state index contributed by atoms with van der Waals surface area (Å²) in [5, 5.41) is 10.6. The van der Waals surface area contributed by atoms with Gasteiger partial charge in [0.2, 0.25) is 0 Å². The lowest BCUT2D eigenvalue weighted by atomic mass is 10.1. The predicted molar refractivity (Wildman–Crippen MR) is 81.2 cm³/mol. The van der Waals surface area contributed by atoms with Crippen molar-refractivity contribution in [3.05, 3.63) is 40.3 Å². The highest BCUT2D eigenvalue weighted by Crippen LogP contribution is 2.32. The fourth-order valence-electron chi connectivity index (χ4n) is 2.20. The van der Waals surface area contributed by atoms with Gasteiger partial charge >= 0.3 is 5.69 Å². The van der Waals surface area contributed by atoms with E-state index in [1.807, 2.05) is 26.1 Å². The minimum absolute atomic E-state index is 0.159. The van der Waals surface area contributed by atoms with Crippen molar-refractivity contribution in [3.8, 4) is 0 Å². The molecule has 5 nitrogen and oxygen atoms in total. The lowest BCUT2D eigenvalue weighted by Gasteiger charge is -2.17. The van der Waals surface area contributed by atoms with Crippen molar-refractivity contribution in [1.29, 1.82) is 0 Å². The van der Waals surface area contributed by atoms with Gasteiger partial charge < -0.3 is 5.32 Å². The first-order valence-electron chi connectivity index (χ1n) is 6.80. The predicted octanol–water partition coefficient (Wildman–Crippen LogP) is 2.41. The van der Waals surface area contributed by atoms with Crippen LogP contribution < -0.4 is 11.0 Å². The topological polar surface area (TPSA) is 62.7 Å². The van der Waals surface area contributed by atoms with Crippen LogP contribution >= 0.6 is 11.8 Å². The Labute approximate surface area is 122 Å². The molecule has 1 unspecified atom stereocenters. The van der Waals surface area contributed by atoms with E-state index in [0.717, 1.165) is 11.3 Å². The largest absolute Gasteiger partial charge is 0.343 e. The van der Waals surface area contributed by atoms with Gasteiger partial charge in [-0.2, -0.15) is 0 Å². The van der Waals surface area contributed by atoms with Gasteiger partial charge in [0, 0.05) is 17.5 Å². The van der Waals surface area contributed by atoms with Crippen LogP contribution in [-0.4, -0.2) is 21.8 Å². The molecule has 2 rings (SSSR count). The molecule has 0 bridgehead atoms. The second-order valence-electron chi connectivity index (χ2n) is 4.44. The monoisotopic (exact) mass is 292 g/mol. The molecule has 0 saturated carbocycles. The second-order valence-corrected chi connectivity index (χ2v) is 5.45. The number of benzene rings is 1. The quantitative estimate of drug-likeness (QED) is 0.858. The average molecular weight is 292 g/mol. The SMILES string of the molecule is CCC(NC)c1ccccc1Sc1n[nH]c(=O)n1CC. The highest BCUT2D eigenvalue weighted by atomic mass is 32.2. The summed E-state index contributed by atoms with van der Waals surface area (Å²) in [6, 6.07) is 8.54. The molecule has 108 valence electrons. The molecule has 0 radical (unpaired) electrons. The lowest BCUT2D eigenvalue weighted by Crippen LogP contribution is -2.17. The molecule has 0 spiro atoms. The molecule has 0 aliphatic carbocycles. The molecule has 0 aliphatic rings. The highest BCUT2D eigenvalue weighted by molar-refractivity contribution is 7.99. The third-order valence-corrected chi connectivity index (χ3v) is 4.38. The normalized spacial score (nSPS) is 12.6. The number of hydrogen-bond acceptors (Lipinski definition) is 4. The third kappa shape index (κ3) is 2.96. The maximum Gasteiger partial charge on any atom is 0.343 e.